The van der Waals surface area contributed by atoms with Gasteiger partial charge in [-0.05, 0) is 122 Å². The van der Waals surface area contributed by atoms with Gasteiger partial charge in [-0.25, -0.2) is 0 Å². The van der Waals surface area contributed by atoms with Crippen molar-refractivity contribution in [3.63, 3.8) is 0 Å². The van der Waals surface area contributed by atoms with Crippen molar-refractivity contribution in [2.75, 3.05) is 13.2 Å². The van der Waals surface area contributed by atoms with Gasteiger partial charge in [0.1, 0.15) is 13.2 Å². The van der Waals surface area contributed by atoms with E-state index < -0.39 is 6.10 Å². The van der Waals surface area contributed by atoms with Crippen molar-refractivity contribution in [2.24, 2.45) is 0 Å². The standard InChI is InChI=1S/C65H110O6/c1-4-7-10-13-16-19-22-25-28-31-32-35-37-40-43-46-49-52-55-58-64(67)70-61-62(71-65(68)59-56-53-50-47-44-41-38-34-30-27-24-21-18-15-12-9-6-3)60-69-63(66)57-54-51-48-45-42-39-36-33-29-26-23-20-17-14-11-8-5-2/h17-18,20-21,25-30,36,38-39,41,47,50,62H,4-16,19,22-24,31-35,37,40,42-46,48-49,51-61H2,1-3H3/b20-17+,21-18+,28-25+,29-26+,30-27+,39-36+,41-38+,50-47+/t62-/m1/s1. The van der Waals surface area contributed by atoms with E-state index in [1.165, 1.54) is 141 Å². The lowest BCUT2D eigenvalue weighted by molar-refractivity contribution is -0.167. The van der Waals surface area contributed by atoms with Gasteiger partial charge in [-0.1, -0.05) is 234 Å². The van der Waals surface area contributed by atoms with Gasteiger partial charge in [0.25, 0.3) is 0 Å². The summed E-state index contributed by atoms with van der Waals surface area (Å²) >= 11 is 0. The minimum Gasteiger partial charge on any atom is -0.462 e. The second-order valence-corrected chi connectivity index (χ2v) is 19.5. The van der Waals surface area contributed by atoms with E-state index in [0.717, 1.165) is 89.9 Å². The van der Waals surface area contributed by atoms with Gasteiger partial charge in [0.2, 0.25) is 0 Å². The lowest BCUT2D eigenvalue weighted by Crippen LogP contribution is -2.30. The van der Waals surface area contributed by atoms with Crippen molar-refractivity contribution < 1.29 is 28.6 Å². The molecule has 0 heterocycles. The quantitative estimate of drug-likeness (QED) is 0.0261. The molecule has 0 aromatic rings. The molecule has 0 amide bonds. The zero-order valence-corrected chi connectivity index (χ0v) is 46.5. The minimum absolute atomic E-state index is 0.108. The molecule has 406 valence electrons. The van der Waals surface area contributed by atoms with E-state index in [0.29, 0.717) is 19.3 Å². The Labute approximate surface area is 438 Å². The first-order valence-electron chi connectivity index (χ1n) is 29.7. The number of carbonyl (C=O) groups is 3. The fourth-order valence-electron chi connectivity index (χ4n) is 8.02. The van der Waals surface area contributed by atoms with Gasteiger partial charge in [-0.2, -0.15) is 0 Å². The van der Waals surface area contributed by atoms with Crippen LogP contribution < -0.4 is 0 Å². The summed E-state index contributed by atoms with van der Waals surface area (Å²) in [4.78, 5) is 38.2. The number of carbonyl (C=O) groups excluding carboxylic acids is 3. The van der Waals surface area contributed by atoms with Crippen molar-refractivity contribution in [3.05, 3.63) is 97.2 Å². The van der Waals surface area contributed by atoms with E-state index >= 15 is 0 Å². The molecule has 6 nitrogen and oxygen atoms in total. The van der Waals surface area contributed by atoms with Crippen LogP contribution in [-0.2, 0) is 28.6 Å². The molecule has 0 unspecified atom stereocenters. The molecule has 0 aromatic heterocycles. The van der Waals surface area contributed by atoms with E-state index in [-0.39, 0.29) is 37.5 Å². The summed E-state index contributed by atoms with van der Waals surface area (Å²) in [6, 6.07) is 0. The lowest BCUT2D eigenvalue weighted by atomic mass is 10.1. The predicted octanol–water partition coefficient (Wildman–Crippen LogP) is 20.1. The van der Waals surface area contributed by atoms with Crippen LogP contribution in [0, 0.1) is 0 Å². The highest BCUT2D eigenvalue weighted by atomic mass is 16.6. The Bertz CT molecular complexity index is 1410. The number of hydrogen-bond acceptors (Lipinski definition) is 6. The Morgan fingerprint density at radius 2 is 0.521 bits per heavy atom. The second-order valence-electron chi connectivity index (χ2n) is 19.5. The van der Waals surface area contributed by atoms with E-state index in [2.05, 4.69) is 118 Å². The Balaban J connectivity index is 4.50. The summed E-state index contributed by atoms with van der Waals surface area (Å²) in [6.45, 7) is 6.53. The van der Waals surface area contributed by atoms with Gasteiger partial charge >= 0.3 is 17.9 Å². The Morgan fingerprint density at radius 3 is 0.873 bits per heavy atom. The van der Waals surface area contributed by atoms with Crippen molar-refractivity contribution in [1.82, 2.24) is 0 Å². The summed E-state index contributed by atoms with van der Waals surface area (Å²) in [5.41, 5.74) is 0. The van der Waals surface area contributed by atoms with Gasteiger partial charge in [0.15, 0.2) is 6.10 Å². The summed E-state index contributed by atoms with van der Waals surface area (Å²) in [7, 11) is 0. The third-order valence-electron chi connectivity index (χ3n) is 12.5. The highest BCUT2D eigenvalue weighted by Crippen LogP contribution is 2.14. The molecule has 0 spiro atoms. The SMILES string of the molecule is CCCCC/C=C/C/C=C/C/C=C/C/C=C/CCCC(=O)O[C@H](COC(=O)CCCCCC/C=C/C/C=C/C/C=C/CCCCC)COC(=O)CCCCCCCCCCC/C=C/CCCCCCCC. The number of rotatable bonds is 53. The third-order valence-corrected chi connectivity index (χ3v) is 12.5. The average Bonchev–Trinajstić information content (AvgIpc) is 3.37. The normalized spacial score (nSPS) is 12.8. The molecule has 0 radical (unpaired) electrons. The summed E-state index contributed by atoms with van der Waals surface area (Å²) in [5.74, 6) is -0.984. The van der Waals surface area contributed by atoms with Crippen molar-refractivity contribution in [3.8, 4) is 0 Å². The zero-order valence-electron chi connectivity index (χ0n) is 46.5. The molecular formula is C65H110O6. The number of ether oxygens (including phenoxy) is 3. The highest BCUT2D eigenvalue weighted by molar-refractivity contribution is 5.71. The van der Waals surface area contributed by atoms with Crippen LogP contribution in [-0.4, -0.2) is 37.2 Å². The van der Waals surface area contributed by atoms with Crippen LogP contribution >= 0.6 is 0 Å². The van der Waals surface area contributed by atoms with Crippen molar-refractivity contribution in [1.29, 1.82) is 0 Å². The maximum Gasteiger partial charge on any atom is 0.306 e. The van der Waals surface area contributed by atoms with E-state index in [1.54, 1.807) is 0 Å². The van der Waals surface area contributed by atoms with E-state index in [4.69, 9.17) is 14.2 Å². The molecule has 0 N–H and O–H groups in total. The average molecular weight is 988 g/mol. The molecule has 0 aliphatic carbocycles. The molecule has 0 aliphatic rings. The Hall–Kier alpha value is -3.67. The molecule has 0 fully saturated rings. The third kappa shape index (κ3) is 57.1. The molecule has 6 heteroatoms. The van der Waals surface area contributed by atoms with Crippen LogP contribution in [0.1, 0.15) is 278 Å². The van der Waals surface area contributed by atoms with Crippen molar-refractivity contribution in [2.45, 2.75) is 284 Å². The molecule has 0 aromatic carbocycles. The molecule has 0 rings (SSSR count). The van der Waals surface area contributed by atoms with Gasteiger partial charge in [0, 0.05) is 19.3 Å². The van der Waals surface area contributed by atoms with Gasteiger partial charge in [0.05, 0.1) is 0 Å². The second kappa shape index (κ2) is 58.9. The number of unbranched alkanes of at least 4 members (excludes halogenated alkanes) is 26. The fourth-order valence-corrected chi connectivity index (χ4v) is 8.02. The largest absolute Gasteiger partial charge is 0.462 e. The summed E-state index contributed by atoms with van der Waals surface area (Å²) in [5, 5.41) is 0. The molecule has 0 saturated carbocycles. The topological polar surface area (TPSA) is 78.9 Å². The number of allylic oxidation sites excluding steroid dienone is 16. The van der Waals surface area contributed by atoms with Crippen LogP contribution in [0.25, 0.3) is 0 Å². The summed E-state index contributed by atoms with van der Waals surface area (Å²) in [6.07, 6.45) is 78.3. The van der Waals surface area contributed by atoms with Gasteiger partial charge < -0.3 is 14.2 Å². The fraction of sp³-hybridized carbons (Fsp3) is 0.708. The first-order chi connectivity index (χ1) is 35.0. The highest BCUT2D eigenvalue weighted by Gasteiger charge is 2.19. The predicted molar refractivity (Wildman–Crippen MR) is 307 cm³/mol. The Kier molecular flexibility index (Phi) is 55.9. The minimum atomic E-state index is -0.818. The van der Waals surface area contributed by atoms with Crippen LogP contribution in [0.3, 0.4) is 0 Å². The molecule has 71 heavy (non-hydrogen) atoms. The van der Waals surface area contributed by atoms with Crippen LogP contribution in [0.5, 0.6) is 0 Å². The van der Waals surface area contributed by atoms with Crippen LogP contribution in [0.15, 0.2) is 97.2 Å². The number of hydrogen-bond donors (Lipinski definition) is 0. The molecular weight excluding hydrogens is 877 g/mol. The monoisotopic (exact) mass is 987 g/mol. The van der Waals surface area contributed by atoms with Gasteiger partial charge in [-0.3, -0.25) is 14.4 Å². The zero-order chi connectivity index (χ0) is 51.4. The first kappa shape index (κ1) is 67.3. The Morgan fingerprint density at radius 1 is 0.282 bits per heavy atom. The first-order valence-corrected chi connectivity index (χ1v) is 29.7. The lowest BCUT2D eigenvalue weighted by Gasteiger charge is -2.18. The van der Waals surface area contributed by atoms with Gasteiger partial charge in [-0.15, -0.1) is 0 Å². The maximum atomic E-state index is 12.8. The summed E-state index contributed by atoms with van der Waals surface area (Å²) < 4.78 is 16.8. The van der Waals surface area contributed by atoms with Crippen LogP contribution in [0.2, 0.25) is 0 Å². The number of esters is 3. The molecule has 1 atom stereocenters. The molecule has 0 saturated heterocycles. The van der Waals surface area contributed by atoms with E-state index in [9.17, 15) is 14.4 Å². The van der Waals surface area contributed by atoms with Crippen LogP contribution in [0.4, 0.5) is 0 Å². The van der Waals surface area contributed by atoms with Crippen molar-refractivity contribution >= 4 is 17.9 Å². The van der Waals surface area contributed by atoms with E-state index in [1.807, 2.05) is 0 Å². The molecule has 0 bridgehead atoms. The molecule has 0 aliphatic heterocycles. The smallest absolute Gasteiger partial charge is 0.306 e. The maximum absolute atomic E-state index is 12.8.